The van der Waals surface area contributed by atoms with E-state index in [1.165, 1.54) is 11.1 Å². The molecule has 88 valence electrons. The molecule has 17 heavy (non-hydrogen) atoms. The lowest BCUT2D eigenvalue weighted by molar-refractivity contribution is 0.936. The zero-order valence-corrected chi connectivity index (χ0v) is 10.4. The minimum absolute atomic E-state index is 0.346. The zero-order chi connectivity index (χ0) is 11.9. The Labute approximate surface area is 106 Å². The molecule has 1 aromatic heterocycles. The Morgan fingerprint density at radius 2 is 1.76 bits per heavy atom. The molecule has 0 radical (unpaired) electrons. The fourth-order valence-electron chi connectivity index (χ4n) is 1.65. The Morgan fingerprint density at radius 1 is 1.06 bits per heavy atom. The summed E-state index contributed by atoms with van der Waals surface area (Å²) in [5, 5.41) is 0.346. The number of nitrogens with two attached hydrogens (primary N) is 1. The van der Waals surface area contributed by atoms with E-state index in [0.29, 0.717) is 11.8 Å². The van der Waals surface area contributed by atoms with E-state index in [2.05, 4.69) is 29.2 Å². The monoisotopic (exact) mass is 244 g/mol. The number of nitrogens with zero attached hydrogens (tertiary/aromatic N) is 1. The lowest BCUT2D eigenvalue weighted by Crippen LogP contribution is -2.09. The molecule has 0 saturated carbocycles. The van der Waals surface area contributed by atoms with Gasteiger partial charge in [-0.15, -0.1) is 11.8 Å². The van der Waals surface area contributed by atoms with Crippen LogP contribution in [0.2, 0.25) is 0 Å². The third-order valence-corrected chi connectivity index (χ3v) is 3.95. The van der Waals surface area contributed by atoms with Crippen LogP contribution in [0.5, 0.6) is 0 Å². The average Bonchev–Trinajstić information content (AvgIpc) is 2.42. The number of hydrogen-bond acceptors (Lipinski definition) is 3. The molecule has 2 aromatic rings. The van der Waals surface area contributed by atoms with Gasteiger partial charge in [0.25, 0.3) is 0 Å². The molecule has 1 unspecified atom stereocenters. The van der Waals surface area contributed by atoms with Crippen LogP contribution >= 0.6 is 11.8 Å². The molecule has 1 heterocycles. The van der Waals surface area contributed by atoms with Gasteiger partial charge < -0.3 is 5.73 Å². The highest BCUT2D eigenvalue weighted by Crippen LogP contribution is 2.30. The molecule has 0 saturated heterocycles. The zero-order valence-electron chi connectivity index (χ0n) is 9.62. The van der Waals surface area contributed by atoms with Crippen molar-refractivity contribution < 1.29 is 0 Å². The highest BCUT2D eigenvalue weighted by atomic mass is 32.2. The second-order valence-electron chi connectivity index (χ2n) is 3.80. The number of thioether (sulfide) groups is 1. The first-order chi connectivity index (χ1) is 8.40. The minimum Gasteiger partial charge on any atom is -0.329 e. The van der Waals surface area contributed by atoms with E-state index in [0.717, 1.165) is 5.75 Å². The number of rotatable bonds is 5. The first-order valence-electron chi connectivity index (χ1n) is 5.65. The van der Waals surface area contributed by atoms with Crippen LogP contribution in [-0.2, 0) is 5.75 Å². The summed E-state index contributed by atoms with van der Waals surface area (Å²) in [4.78, 5) is 4.03. The third-order valence-electron chi connectivity index (χ3n) is 2.59. The molecule has 0 spiro atoms. The van der Waals surface area contributed by atoms with Crippen molar-refractivity contribution in [1.29, 1.82) is 0 Å². The summed E-state index contributed by atoms with van der Waals surface area (Å²) in [5.74, 6) is 0.991. The molecule has 2 N–H and O–H groups in total. The van der Waals surface area contributed by atoms with Gasteiger partial charge in [0.1, 0.15) is 0 Å². The van der Waals surface area contributed by atoms with Gasteiger partial charge in [-0.05, 0) is 23.3 Å². The molecular weight excluding hydrogens is 228 g/mol. The summed E-state index contributed by atoms with van der Waals surface area (Å²) in [6.45, 7) is 0.654. The van der Waals surface area contributed by atoms with Crippen molar-refractivity contribution in [2.24, 2.45) is 5.73 Å². The van der Waals surface area contributed by atoms with Gasteiger partial charge in [0.15, 0.2) is 0 Å². The van der Waals surface area contributed by atoms with Crippen LogP contribution in [0.3, 0.4) is 0 Å². The highest BCUT2D eigenvalue weighted by molar-refractivity contribution is 7.98. The van der Waals surface area contributed by atoms with Crippen molar-refractivity contribution in [3.05, 3.63) is 66.0 Å². The van der Waals surface area contributed by atoms with E-state index in [1.807, 2.05) is 42.4 Å². The van der Waals surface area contributed by atoms with Crippen LogP contribution in [0, 0.1) is 0 Å². The Balaban J connectivity index is 1.97. The first-order valence-corrected chi connectivity index (χ1v) is 6.70. The van der Waals surface area contributed by atoms with E-state index in [4.69, 9.17) is 5.73 Å². The fourth-order valence-corrected chi connectivity index (χ4v) is 2.72. The van der Waals surface area contributed by atoms with Crippen LogP contribution in [-0.4, -0.2) is 11.5 Å². The van der Waals surface area contributed by atoms with Crippen LogP contribution in [0.15, 0.2) is 54.9 Å². The summed E-state index contributed by atoms with van der Waals surface area (Å²) < 4.78 is 0. The molecule has 0 aliphatic carbocycles. The molecule has 0 fully saturated rings. The second-order valence-corrected chi connectivity index (χ2v) is 4.99. The second kappa shape index (κ2) is 6.42. The standard InChI is InChI=1S/C14H16N2S/c15-10-14(13-6-8-16-9-7-13)17-11-12-4-2-1-3-5-12/h1-9,14H,10-11,15H2. The molecule has 0 amide bonds. The highest BCUT2D eigenvalue weighted by Gasteiger charge is 2.09. The van der Waals surface area contributed by atoms with Gasteiger partial charge in [0.05, 0.1) is 0 Å². The smallest absolute Gasteiger partial charge is 0.0424 e. The van der Waals surface area contributed by atoms with Crippen LogP contribution in [0.1, 0.15) is 16.4 Å². The van der Waals surface area contributed by atoms with E-state index >= 15 is 0 Å². The van der Waals surface area contributed by atoms with Gasteiger partial charge in [-0.25, -0.2) is 0 Å². The molecule has 2 nitrogen and oxygen atoms in total. The topological polar surface area (TPSA) is 38.9 Å². The number of aromatic nitrogens is 1. The van der Waals surface area contributed by atoms with Crippen LogP contribution in [0.4, 0.5) is 0 Å². The predicted octanol–water partition coefficient (Wildman–Crippen LogP) is 3.01. The lowest BCUT2D eigenvalue weighted by Gasteiger charge is -2.14. The first kappa shape index (κ1) is 12.1. The Kier molecular flexibility index (Phi) is 4.59. The van der Waals surface area contributed by atoms with Crippen molar-refractivity contribution in [2.45, 2.75) is 11.0 Å². The van der Waals surface area contributed by atoms with Crippen molar-refractivity contribution in [3.8, 4) is 0 Å². The number of benzene rings is 1. The minimum atomic E-state index is 0.346. The third kappa shape index (κ3) is 3.58. The van der Waals surface area contributed by atoms with Crippen molar-refractivity contribution in [1.82, 2.24) is 4.98 Å². The van der Waals surface area contributed by atoms with Gasteiger partial charge in [-0.2, -0.15) is 0 Å². The van der Waals surface area contributed by atoms with E-state index in [9.17, 15) is 0 Å². The summed E-state index contributed by atoms with van der Waals surface area (Å²) in [5.41, 5.74) is 8.42. The van der Waals surface area contributed by atoms with Crippen molar-refractivity contribution in [3.63, 3.8) is 0 Å². The largest absolute Gasteiger partial charge is 0.329 e. The van der Waals surface area contributed by atoms with Gasteiger partial charge in [-0.1, -0.05) is 30.3 Å². The fraction of sp³-hybridized carbons (Fsp3) is 0.214. The molecular formula is C14H16N2S. The van der Waals surface area contributed by atoms with Crippen LogP contribution < -0.4 is 5.73 Å². The normalized spacial score (nSPS) is 12.3. The maximum Gasteiger partial charge on any atom is 0.0424 e. The van der Waals surface area contributed by atoms with Gasteiger partial charge in [-0.3, -0.25) is 4.98 Å². The predicted molar refractivity (Wildman–Crippen MR) is 73.8 cm³/mol. The summed E-state index contributed by atoms with van der Waals surface area (Å²) in [7, 11) is 0. The summed E-state index contributed by atoms with van der Waals surface area (Å²) in [6.07, 6.45) is 3.64. The Bertz CT molecular complexity index is 430. The molecule has 0 aliphatic heterocycles. The van der Waals surface area contributed by atoms with Gasteiger partial charge >= 0.3 is 0 Å². The van der Waals surface area contributed by atoms with E-state index < -0.39 is 0 Å². The molecule has 0 aliphatic rings. The summed E-state index contributed by atoms with van der Waals surface area (Å²) in [6, 6.07) is 14.5. The molecule has 0 bridgehead atoms. The maximum atomic E-state index is 5.83. The van der Waals surface area contributed by atoms with Gasteiger partial charge in [0.2, 0.25) is 0 Å². The van der Waals surface area contributed by atoms with Crippen molar-refractivity contribution in [2.75, 3.05) is 6.54 Å². The molecule has 2 rings (SSSR count). The average molecular weight is 244 g/mol. The molecule has 1 aromatic carbocycles. The van der Waals surface area contributed by atoms with E-state index in [1.54, 1.807) is 0 Å². The number of pyridine rings is 1. The van der Waals surface area contributed by atoms with Crippen molar-refractivity contribution >= 4 is 11.8 Å². The Morgan fingerprint density at radius 3 is 2.41 bits per heavy atom. The van der Waals surface area contributed by atoms with Gasteiger partial charge in [0, 0.05) is 29.9 Å². The molecule has 1 atom stereocenters. The SMILES string of the molecule is NCC(SCc1ccccc1)c1ccncc1. The maximum absolute atomic E-state index is 5.83. The molecule has 3 heteroatoms. The summed E-state index contributed by atoms with van der Waals surface area (Å²) >= 11 is 1.87. The Hall–Kier alpha value is -1.32. The lowest BCUT2D eigenvalue weighted by atomic mass is 10.2. The number of hydrogen-bond donors (Lipinski definition) is 1. The quantitative estimate of drug-likeness (QED) is 0.878. The van der Waals surface area contributed by atoms with Crippen LogP contribution in [0.25, 0.3) is 0 Å². The van der Waals surface area contributed by atoms with E-state index in [-0.39, 0.29) is 0 Å².